The van der Waals surface area contributed by atoms with E-state index < -0.39 is 0 Å². The Kier molecular flexibility index (Phi) is 5.66. The summed E-state index contributed by atoms with van der Waals surface area (Å²) in [5.74, 6) is 1.11. The van der Waals surface area contributed by atoms with Crippen LogP contribution in [0.4, 0.5) is 5.69 Å². The summed E-state index contributed by atoms with van der Waals surface area (Å²) in [5, 5.41) is 3.02. The van der Waals surface area contributed by atoms with Gasteiger partial charge in [0.15, 0.2) is 0 Å². The molecule has 1 saturated heterocycles. The van der Waals surface area contributed by atoms with E-state index in [1.54, 1.807) is 0 Å². The van der Waals surface area contributed by atoms with E-state index in [2.05, 4.69) is 19.2 Å². The van der Waals surface area contributed by atoms with Crippen LogP contribution < -0.4 is 11.1 Å². The quantitative estimate of drug-likeness (QED) is 0.872. The van der Waals surface area contributed by atoms with Crippen LogP contribution >= 0.6 is 0 Å². The maximum atomic E-state index is 12.9. The van der Waals surface area contributed by atoms with Gasteiger partial charge in [0.05, 0.1) is 0 Å². The number of hydrogen-bond donors (Lipinski definition) is 2. The summed E-state index contributed by atoms with van der Waals surface area (Å²) in [6.07, 6.45) is 3.66. The average Bonchev–Trinajstić information content (AvgIpc) is 3.02. The highest BCUT2D eigenvalue weighted by atomic mass is 16.2. The van der Waals surface area contributed by atoms with Crippen LogP contribution in [0, 0.1) is 24.7 Å². The number of anilines is 1. The van der Waals surface area contributed by atoms with Crippen molar-refractivity contribution in [2.45, 2.75) is 52.5 Å². The predicted octanol–water partition coefficient (Wildman–Crippen LogP) is 3.18. The topological polar surface area (TPSA) is 75.4 Å². The van der Waals surface area contributed by atoms with E-state index in [4.69, 9.17) is 5.73 Å². The lowest BCUT2D eigenvalue weighted by atomic mass is 9.91. The molecule has 3 N–H and O–H groups in total. The molecule has 0 aromatic heterocycles. The second-order valence-electron chi connectivity index (χ2n) is 8.45. The second kappa shape index (κ2) is 7.78. The summed E-state index contributed by atoms with van der Waals surface area (Å²) in [5.41, 5.74) is 8.28. The summed E-state index contributed by atoms with van der Waals surface area (Å²) in [6.45, 7) is 7.96. The highest BCUT2D eigenvalue weighted by Gasteiger charge is 2.29. The van der Waals surface area contributed by atoms with Crippen LogP contribution in [-0.2, 0) is 4.79 Å². The molecule has 26 heavy (non-hydrogen) atoms. The van der Waals surface area contributed by atoms with Gasteiger partial charge in [-0.1, -0.05) is 19.9 Å². The van der Waals surface area contributed by atoms with Crippen LogP contribution in [0.1, 0.15) is 55.5 Å². The normalized spacial score (nSPS) is 28.8. The molecule has 5 heteroatoms. The van der Waals surface area contributed by atoms with E-state index >= 15 is 0 Å². The number of amides is 2. The number of nitrogens with two attached hydrogens (primary N) is 1. The molecule has 1 aromatic rings. The zero-order valence-corrected chi connectivity index (χ0v) is 16.1. The van der Waals surface area contributed by atoms with Crippen molar-refractivity contribution in [3.05, 3.63) is 29.3 Å². The molecule has 2 amide bonds. The van der Waals surface area contributed by atoms with E-state index in [0.29, 0.717) is 17.4 Å². The third kappa shape index (κ3) is 4.26. The Labute approximate surface area is 156 Å². The van der Waals surface area contributed by atoms with E-state index in [9.17, 15) is 9.59 Å². The molecule has 1 aromatic carbocycles. The smallest absolute Gasteiger partial charge is 0.253 e. The zero-order valence-electron chi connectivity index (χ0n) is 16.1. The Bertz CT molecular complexity index is 678. The summed E-state index contributed by atoms with van der Waals surface area (Å²) in [7, 11) is 0. The maximum absolute atomic E-state index is 12.9. The lowest BCUT2D eigenvalue weighted by Crippen LogP contribution is -2.42. The van der Waals surface area contributed by atoms with Crippen molar-refractivity contribution in [1.82, 2.24) is 4.90 Å². The van der Waals surface area contributed by atoms with Crippen LogP contribution in [0.15, 0.2) is 18.2 Å². The maximum Gasteiger partial charge on any atom is 0.253 e. The molecule has 0 bridgehead atoms. The molecule has 1 heterocycles. The van der Waals surface area contributed by atoms with Gasteiger partial charge in [0.2, 0.25) is 5.91 Å². The number of carbonyl (C=O) groups is 2. The molecule has 0 spiro atoms. The lowest BCUT2D eigenvalue weighted by Gasteiger charge is -2.35. The fraction of sp³-hybridized carbons (Fsp3) is 0.619. The summed E-state index contributed by atoms with van der Waals surface area (Å²) >= 11 is 0. The highest BCUT2D eigenvalue weighted by Crippen LogP contribution is 2.27. The van der Waals surface area contributed by atoms with Crippen molar-refractivity contribution >= 4 is 17.5 Å². The van der Waals surface area contributed by atoms with Gasteiger partial charge in [0, 0.05) is 36.3 Å². The van der Waals surface area contributed by atoms with Gasteiger partial charge < -0.3 is 16.0 Å². The van der Waals surface area contributed by atoms with E-state index in [-0.39, 0.29) is 23.8 Å². The van der Waals surface area contributed by atoms with Crippen molar-refractivity contribution in [3.63, 3.8) is 0 Å². The molecule has 1 aliphatic heterocycles. The first-order chi connectivity index (χ1) is 12.3. The van der Waals surface area contributed by atoms with Crippen molar-refractivity contribution < 1.29 is 9.59 Å². The number of likely N-dealkylation sites (tertiary alicyclic amines) is 1. The third-order valence-electron chi connectivity index (χ3n) is 5.74. The van der Waals surface area contributed by atoms with Crippen molar-refractivity contribution in [2.75, 3.05) is 18.4 Å². The summed E-state index contributed by atoms with van der Waals surface area (Å²) < 4.78 is 0. The molecular weight excluding hydrogens is 326 g/mol. The van der Waals surface area contributed by atoms with Crippen molar-refractivity contribution in [2.24, 2.45) is 23.5 Å². The van der Waals surface area contributed by atoms with E-state index in [0.717, 1.165) is 43.6 Å². The standard InChI is InChI=1S/C21H31N3O2/c1-13-8-14(2)12-24(11-13)21(26)17-5-4-15(3)19(10-17)23-20(25)16-6-7-18(22)9-16/h4-5,10,13-14,16,18H,6-9,11-12,22H2,1-3H3,(H,23,25). The first kappa shape index (κ1) is 18.9. The van der Waals surface area contributed by atoms with Gasteiger partial charge in [-0.3, -0.25) is 9.59 Å². The Hall–Kier alpha value is -1.88. The van der Waals surface area contributed by atoms with Crippen LogP contribution in [0.3, 0.4) is 0 Å². The van der Waals surface area contributed by atoms with Gasteiger partial charge in [-0.25, -0.2) is 0 Å². The summed E-state index contributed by atoms with van der Waals surface area (Å²) in [6, 6.07) is 5.74. The minimum absolute atomic E-state index is 0.0193. The number of hydrogen-bond acceptors (Lipinski definition) is 3. The fourth-order valence-electron chi connectivity index (χ4n) is 4.39. The van der Waals surface area contributed by atoms with Crippen LogP contribution in [0.25, 0.3) is 0 Å². The molecule has 2 fully saturated rings. The monoisotopic (exact) mass is 357 g/mol. The third-order valence-corrected chi connectivity index (χ3v) is 5.74. The number of rotatable bonds is 3. The number of nitrogens with one attached hydrogen (secondary N) is 1. The number of benzene rings is 1. The first-order valence-corrected chi connectivity index (χ1v) is 9.80. The van der Waals surface area contributed by atoms with Crippen LogP contribution in [0.5, 0.6) is 0 Å². The SMILES string of the molecule is Cc1ccc(C(=O)N2CC(C)CC(C)C2)cc1NC(=O)C1CCC(N)C1. The molecule has 1 aliphatic carbocycles. The fourth-order valence-corrected chi connectivity index (χ4v) is 4.39. The van der Waals surface area contributed by atoms with Crippen LogP contribution in [0.2, 0.25) is 0 Å². The second-order valence-corrected chi connectivity index (χ2v) is 8.45. The minimum atomic E-state index is -0.0208. The Morgan fingerprint density at radius 1 is 1.12 bits per heavy atom. The van der Waals surface area contributed by atoms with Crippen LogP contribution in [-0.4, -0.2) is 35.8 Å². The summed E-state index contributed by atoms with van der Waals surface area (Å²) in [4.78, 5) is 27.4. The molecule has 4 unspecified atom stereocenters. The van der Waals surface area contributed by atoms with Gasteiger partial charge >= 0.3 is 0 Å². The van der Waals surface area contributed by atoms with Gasteiger partial charge in [-0.05, 0) is 62.1 Å². The van der Waals surface area contributed by atoms with Crippen molar-refractivity contribution in [1.29, 1.82) is 0 Å². The lowest BCUT2D eigenvalue weighted by molar-refractivity contribution is -0.119. The molecule has 3 rings (SSSR count). The van der Waals surface area contributed by atoms with Gasteiger partial charge in [0.25, 0.3) is 5.91 Å². The molecule has 2 aliphatic rings. The Balaban J connectivity index is 1.72. The minimum Gasteiger partial charge on any atom is -0.338 e. The largest absolute Gasteiger partial charge is 0.338 e. The average molecular weight is 357 g/mol. The molecule has 4 atom stereocenters. The molecule has 0 radical (unpaired) electrons. The molecule has 1 saturated carbocycles. The Morgan fingerprint density at radius 3 is 2.42 bits per heavy atom. The number of piperidine rings is 1. The van der Waals surface area contributed by atoms with Gasteiger partial charge in [-0.2, -0.15) is 0 Å². The molecular formula is C21H31N3O2. The number of aryl methyl sites for hydroxylation is 1. The van der Waals surface area contributed by atoms with E-state index in [1.165, 1.54) is 6.42 Å². The number of carbonyl (C=O) groups excluding carboxylic acids is 2. The molecule has 142 valence electrons. The number of nitrogens with zero attached hydrogens (tertiary/aromatic N) is 1. The zero-order chi connectivity index (χ0) is 18.8. The highest BCUT2D eigenvalue weighted by molar-refractivity contribution is 5.98. The first-order valence-electron chi connectivity index (χ1n) is 9.80. The predicted molar refractivity (Wildman–Crippen MR) is 104 cm³/mol. The van der Waals surface area contributed by atoms with Crippen molar-refractivity contribution in [3.8, 4) is 0 Å². The molecule has 5 nitrogen and oxygen atoms in total. The Morgan fingerprint density at radius 2 is 1.81 bits per heavy atom. The van der Waals surface area contributed by atoms with Gasteiger partial charge in [-0.15, -0.1) is 0 Å². The van der Waals surface area contributed by atoms with Gasteiger partial charge in [0.1, 0.15) is 0 Å². The van der Waals surface area contributed by atoms with E-state index in [1.807, 2.05) is 30.0 Å².